The minimum Gasteiger partial charge on any atom is -0.299 e. The van der Waals surface area contributed by atoms with Crippen molar-refractivity contribution < 1.29 is 0 Å². The molecule has 0 spiro atoms. The van der Waals surface area contributed by atoms with Crippen molar-refractivity contribution in [2.75, 3.05) is 13.1 Å². The maximum Gasteiger partial charge on any atom is 0.0537 e. The van der Waals surface area contributed by atoms with Gasteiger partial charge in [-0.05, 0) is 49.9 Å². The van der Waals surface area contributed by atoms with E-state index in [2.05, 4.69) is 29.1 Å². The number of hydrogen-bond acceptors (Lipinski definition) is 2. The molecule has 1 aromatic carbocycles. The smallest absolute Gasteiger partial charge is 0.0537 e. The van der Waals surface area contributed by atoms with Crippen molar-refractivity contribution in [1.82, 2.24) is 14.7 Å². The molecule has 0 radical (unpaired) electrons. The second-order valence-electron chi connectivity index (χ2n) is 6.10. The summed E-state index contributed by atoms with van der Waals surface area (Å²) < 4.78 is 1.95. The minimum absolute atomic E-state index is 0.753. The fourth-order valence-corrected chi connectivity index (χ4v) is 3.24. The largest absolute Gasteiger partial charge is 0.299 e. The van der Waals surface area contributed by atoms with Gasteiger partial charge in [-0.3, -0.25) is 9.58 Å². The highest BCUT2D eigenvalue weighted by Crippen LogP contribution is 2.23. The molecule has 1 saturated heterocycles. The van der Waals surface area contributed by atoms with Crippen molar-refractivity contribution in [2.24, 2.45) is 13.0 Å². The number of nitrogens with zero attached hydrogens (tertiary/aromatic N) is 3. The number of aromatic nitrogens is 2. The van der Waals surface area contributed by atoms with Gasteiger partial charge in [0.2, 0.25) is 0 Å². The lowest BCUT2D eigenvalue weighted by Crippen LogP contribution is -2.21. The molecular formula is C17H22ClN3. The van der Waals surface area contributed by atoms with Crippen LogP contribution in [0.25, 0.3) is 0 Å². The number of aryl methyl sites for hydroxylation is 1. The quantitative estimate of drug-likeness (QED) is 0.862. The minimum atomic E-state index is 0.753. The third-order valence-corrected chi connectivity index (χ3v) is 4.79. The van der Waals surface area contributed by atoms with Gasteiger partial charge in [-0.1, -0.05) is 23.7 Å². The Labute approximate surface area is 131 Å². The average Bonchev–Trinajstić information content (AvgIpc) is 3.03. The van der Waals surface area contributed by atoms with Gasteiger partial charge >= 0.3 is 0 Å². The summed E-state index contributed by atoms with van der Waals surface area (Å²) in [7, 11) is 2.01. The van der Waals surface area contributed by atoms with Gasteiger partial charge in [-0.15, -0.1) is 0 Å². The van der Waals surface area contributed by atoms with Gasteiger partial charge < -0.3 is 0 Å². The predicted molar refractivity (Wildman–Crippen MR) is 86.5 cm³/mol. The van der Waals surface area contributed by atoms with E-state index in [1.54, 1.807) is 0 Å². The first-order valence-corrected chi connectivity index (χ1v) is 7.94. The molecule has 112 valence electrons. The van der Waals surface area contributed by atoms with Crippen LogP contribution in [0.2, 0.25) is 5.02 Å². The van der Waals surface area contributed by atoms with E-state index in [1.807, 2.05) is 30.1 Å². The summed E-state index contributed by atoms with van der Waals surface area (Å²) in [5.74, 6) is 0.753. The molecule has 1 fully saturated rings. The Morgan fingerprint density at radius 1 is 1.29 bits per heavy atom. The molecule has 2 aromatic rings. The van der Waals surface area contributed by atoms with E-state index in [0.717, 1.165) is 23.9 Å². The summed E-state index contributed by atoms with van der Waals surface area (Å²) in [6, 6.07) is 8.28. The number of hydrogen-bond donors (Lipinski definition) is 0. The Bertz CT molecular complexity index is 603. The van der Waals surface area contributed by atoms with Crippen molar-refractivity contribution in [3.05, 3.63) is 52.3 Å². The van der Waals surface area contributed by atoms with Crippen molar-refractivity contribution in [1.29, 1.82) is 0 Å². The van der Waals surface area contributed by atoms with E-state index in [1.165, 1.54) is 36.3 Å². The lowest BCUT2D eigenvalue weighted by atomic mass is 9.99. The Morgan fingerprint density at radius 2 is 2.05 bits per heavy atom. The summed E-state index contributed by atoms with van der Waals surface area (Å²) in [4.78, 5) is 2.55. The third kappa shape index (κ3) is 3.47. The van der Waals surface area contributed by atoms with Gasteiger partial charge in [0.05, 0.1) is 6.20 Å². The zero-order chi connectivity index (χ0) is 14.8. The van der Waals surface area contributed by atoms with Crippen molar-refractivity contribution >= 4 is 11.6 Å². The SMILES string of the molecule is Cc1c(CN2CCC(Cc3ccc(Cl)cc3)C2)cnn1C. The first kappa shape index (κ1) is 14.6. The van der Waals surface area contributed by atoms with Gasteiger partial charge in [-0.25, -0.2) is 0 Å². The molecule has 0 saturated carbocycles. The van der Waals surface area contributed by atoms with Gasteiger partial charge in [0.25, 0.3) is 0 Å². The lowest BCUT2D eigenvalue weighted by molar-refractivity contribution is 0.315. The van der Waals surface area contributed by atoms with Crippen LogP contribution in [0.3, 0.4) is 0 Å². The van der Waals surface area contributed by atoms with E-state index >= 15 is 0 Å². The number of rotatable bonds is 4. The van der Waals surface area contributed by atoms with E-state index in [9.17, 15) is 0 Å². The average molecular weight is 304 g/mol. The topological polar surface area (TPSA) is 21.1 Å². The summed E-state index contributed by atoms with van der Waals surface area (Å²) in [6.07, 6.45) is 4.43. The van der Waals surface area contributed by atoms with Gasteiger partial charge in [0.1, 0.15) is 0 Å². The van der Waals surface area contributed by atoms with Crippen LogP contribution in [0.4, 0.5) is 0 Å². The van der Waals surface area contributed by atoms with E-state index in [0.29, 0.717) is 0 Å². The monoisotopic (exact) mass is 303 g/mol. The second kappa shape index (κ2) is 6.20. The first-order valence-electron chi connectivity index (χ1n) is 7.56. The van der Waals surface area contributed by atoms with Crippen molar-refractivity contribution in [3.63, 3.8) is 0 Å². The normalized spacial score (nSPS) is 19.3. The molecule has 0 bridgehead atoms. The van der Waals surface area contributed by atoms with Crippen molar-refractivity contribution in [3.8, 4) is 0 Å². The molecular weight excluding hydrogens is 282 g/mol. The highest BCUT2D eigenvalue weighted by molar-refractivity contribution is 6.30. The van der Waals surface area contributed by atoms with Gasteiger partial charge in [-0.2, -0.15) is 5.10 Å². The predicted octanol–water partition coefficient (Wildman–Crippen LogP) is 3.45. The first-order chi connectivity index (χ1) is 10.1. The molecule has 0 N–H and O–H groups in total. The summed E-state index contributed by atoms with van der Waals surface area (Å²) in [5, 5.41) is 5.15. The molecule has 2 heterocycles. The van der Waals surface area contributed by atoms with Crippen LogP contribution >= 0.6 is 11.6 Å². The Hall–Kier alpha value is -1.32. The molecule has 1 aromatic heterocycles. The van der Waals surface area contributed by atoms with Crippen LogP contribution in [0.5, 0.6) is 0 Å². The fourth-order valence-electron chi connectivity index (χ4n) is 3.12. The lowest BCUT2D eigenvalue weighted by Gasteiger charge is -2.16. The molecule has 21 heavy (non-hydrogen) atoms. The molecule has 0 amide bonds. The van der Waals surface area contributed by atoms with Gasteiger partial charge in [0.15, 0.2) is 0 Å². The van der Waals surface area contributed by atoms with Crippen LogP contribution in [-0.4, -0.2) is 27.8 Å². The Morgan fingerprint density at radius 3 is 2.71 bits per heavy atom. The Balaban J connectivity index is 1.55. The molecule has 3 rings (SSSR count). The van der Waals surface area contributed by atoms with Gasteiger partial charge in [0, 0.05) is 36.4 Å². The van der Waals surface area contributed by atoms with Crippen LogP contribution in [0, 0.1) is 12.8 Å². The third-order valence-electron chi connectivity index (χ3n) is 4.54. The Kier molecular flexibility index (Phi) is 4.32. The van der Waals surface area contributed by atoms with E-state index in [-0.39, 0.29) is 0 Å². The fraction of sp³-hybridized carbons (Fsp3) is 0.471. The number of likely N-dealkylation sites (tertiary alicyclic amines) is 1. The molecule has 4 heteroatoms. The zero-order valence-electron chi connectivity index (χ0n) is 12.7. The zero-order valence-corrected chi connectivity index (χ0v) is 13.5. The highest BCUT2D eigenvalue weighted by Gasteiger charge is 2.23. The molecule has 3 nitrogen and oxygen atoms in total. The number of halogens is 1. The van der Waals surface area contributed by atoms with Crippen LogP contribution in [-0.2, 0) is 20.0 Å². The summed E-state index contributed by atoms with van der Waals surface area (Å²) in [5.41, 5.74) is 4.02. The van der Waals surface area contributed by atoms with E-state index < -0.39 is 0 Å². The number of benzene rings is 1. The standard InChI is InChI=1S/C17H22ClN3/c1-13-16(10-19-20(13)2)12-21-8-7-15(11-21)9-14-3-5-17(18)6-4-14/h3-6,10,15H,7-9,11-12H2,1-2H3. The molecule has 0 aliphatic carbocycles. The maximum absolute atomic E-state index is 5.94. The van der Waals surface area contributed by atoms with Crippen LogP contribution in [0.1, 0.15) is 23.2 Å². The summed E-state index contributed by atoms with van der Waals surface area (Å²) >= 11 is 5.94. The molecule has 1 aliphatic rings. The maximum atomic E-state index is 5.94. The molecule has 1 aliphatic heterocycles. The summed E-state index contributed by atoms with van der Waals surface area (Å²) in [6.45, 7) is 5.53. The second-order valence-corrected chi connectivity index (χ2v) is 6.54. The van der Waals surface area contributed by atoms with Crippen LogP contribution in [0.15, 0.2) is 30.5 Å². The molecule has 1 atom stereocenters. The molecule has 1 unspecified atom stereocenters. The highest BCUT2D eigenvalue weighted by atomic mass is 35.5. The van der Waals surface area contributed by atoms with E-state index in [4.69, 9.17) is 11.6 Å². The van der Waals surface area contributed by atoms with Crippen molar-refractivity contribution in [2.45, 2.75) is 26.3 Å². The van der Waals surface area contributed by atoms with Crippen LogP contribution < -0.4 is 0 Å².